The maximum absolute atomic E-state index is 11.8. The summed E-state index contributed by atoms with van der Waals surface area (Å²) in [7, 11) is 4.11. The Bertz CT molecular complexity index is 464. The van der Waals surface area contributed by atoms with Crippen molar-refractivity contribution in [1.82, 2.24) is 10.2 Å². The number of benzene rings is 1. The molecule has 0 saturated carbocycles. The average Bonchev–Trinajstić information content (AvgIpc) is 3.02. The van der Waals surface area contributed by atoms with Gasteiger partial charge in [0.2, 0.25) is 5.91 Å². The lowest BCUT2D eigenvalue weighted by Gasteiger charge is -2.28. The summed E-state index contributed by atoms with van der Waals surface area (Å²) in [5.41, 5.74) is 2.50. The molecule has 1 amide bonds. The first kappa shape index (κ1) is 16.8. The van der Waals surface area contributed by atoms with E-state index in [0.29, 0.717) is 19.0 Å². The molecule has 1 heterocycles. The van der Waals surface area contributed by atoms with Crippen molar-refractivity contribution in [2.75, 3.05) is 38.6 Å². The highest BCUT2D eigenvalue weighted by molar-refractivity contribution is 5.75. The maximum atomic E-state index is 11.8. The van der Waals surface area contributed by atoms with Crippen molar-refractivity contribution in [1.29, 1.82) is 0 Å². The van der Waals surface area contributed by atoms with Crippen molar-refractivity contribution in [2.45, 2.75) is 38.6 Å². The molecule has 0 bridgehead atoms. The van der Waals surface area contributed by atoms with Crippen LogP contribution in [0.15, 0.2) is 24.3 Å². The second kappa shape index (κ2) is 8.18. The minimum Gasteiger partial charge on any atom is -0.378 e. The van der Waals surface area contributed by atoms with Crippen LogP contribution in [-0.4, -0.2) is 44.5 Å². The summed E-state index contributed by atoms with van der Waals surface area (Å²) in [6, 6.07) is 9.01. The van der Waals surface area contributed by atoms with Gasteiger partial charge in [-0.1, -0.05) is 19.1 Å². The van der Waals surface area contributed by atoms with E-state index in [1.807, 2.05) is 6.92 Å². The number of nitrogens with one attached hydrogen (secondary N) is 1. The van der Waals surface area contributed by atoms with E-state index in [1.165, 1.54) is 24.1 Å². The first-order valence-electron chi connectivity index (χ1n) is 8.40. The molecule has 1 aliphatic rings. The second-order valence-electron chi connectivity index (χ2n) is 6.30. The van der Waals surface area contributed by atoms with Crippen LogP contribution in [0.4, 0.5) is 5.69 Å². The third-order valence-electron chi connectivity index (χ3n) is 4.35. The van der Waals surface area contributed by atoms with Gasteiger partial charge in [0.25, 0.3) is 0 Å². The Labute approximate surface area is 134 Å². The van der Waals surface area contributed by atoms with Gasteiger partial charge in [0.05, 0.1) is 6.04 Å². The number of rotatable bonds is 7. The quantitative estimate of drug-likeness (QED) is 0.841. The third-order valence-corrected chi connectivity index (χ3v) is 4.35. The maximum Gasteiger partial charge on any atom is 0.220 e. The normalized spacial score (nSPS) is 16.5. The number of carbonyl (C=O) groups excluding carboxylic acids is 1. The van der Waals surface area contributed by atoms with Gasteiger partial charge in [-0.15, -0.1) is 0 Å². The lowest BCUT2D eigenvalue weighted by atomic mass is 10.0. The molecule has 22 heavy (non-hydrogen) atoms. The number of hydrogen-bond acceptors (Lipinski definition) is 3. The largest absolute Gasteiger partial charge is 0.378 e. The predicted molar refractivity (Wildman–Crippen MR) is 92.2 cm³/mol. The lowest BCUT2D eigenvalue weighted by molar-refractivity contribution is -0.121. The van der Waals surface area contributed by atoms with Gasteiger partial charge in [0.15, 0.2) is 0 Å². The van der Waals surface area contributed by atoms with Gasteiger partial charge in [0.1, 0.15) is 0 Å². The molecule has 0 spiro atoms. The van der Waals surface area contributed by atoms with Crippen molar-refractivity contribution in [3.63, 3.8) is 0 Å². The Balaban J connectivity index is 2.07. The first-order valence-corrected chi connectivity index (χ1v) is 8.40. The highest BCUT2D eigenvalue weighted by atomic mass is 16.1. The average molecular weight is 303 g/mol. The minimum absolute atomic E-state index is 0.164. The van der Waals surface area contributed by atoms with Crippen LogP contribution in [0.25, 0.3) is 0 Å². The Hall–Kier alpha value is -1.55. The monoisotopic (exact) mass is 303 g/mol. The van der Waals surface area contributed by atoms with Crippen LogP contribution in [0.5, 0.6) is 0 Å². The second-order valence-corrected chi connectivity index (χ2v) is 6.30. The molecule has 2 rings (SSSR count). The number of anilines is 1. The zero-order valence-electron chi connectivity index (χ0n) is 14.1. The number of likely N-dealkylation sites (tertiary alicyclic amines) is 1. The van der Waals surface area contributed by atoms with Crippen LogP contribution in [0.1, 0.15) is 44.2 Å². The van der Waals surface area contributed by atoms with Crippen LogP contribution in [-0.2, 0) is 4.79 Å². The topological polar surface area (TPSA) is 35.6 Å². The van der Waals surface area contributed by atoms with E-state index in [2.05, 4.69) is 53.5 Å². The van der Waals surface area contributed by atoms with Gasteiger partial charge in [-0.05, 0) is 50.0 Å². The summed E-state index contributed by atoms with van der Waals surface area (Å²) >= 11 is 0. The molecule has 0 unspecified atom stereocenters. The van der Waals surface area contributed by atoms with Crippen LogP contribution in [0.2, 0.25) is 0 Å². The first-order chi connectivity index (χ1) is 10.6. The van der Waals surface area contributed by atoms with E-state index in [-0.39, 0.29) is 5.91 Å². The summed E-state index contributed by atoms with van der Waals surface area (Å²) < 4.78 is 0. The Morgan fingerprint density at radius 2 is 1.86 bits per heavy atom. The van der Waals surface area contributed by atoms with Crippen LogP contribution >= 0.6 is 0 Å². The molecule has 0 radical (unpaired) electrons. The predicted octanol–water partition coefficient (Wildman–Crippen LogP) is 2.81. The minimum atomic E-state index is 0.164. The van der Waals surface area contributed by atoms with Crippen molar-refractivity contribution >= 4 is 11.6 Å². The van der Waals surface area contributed by atoms with Gasteiger partial charge < -0.3 is 10.2 Å². The van der Waals surface area contributed by atoms with Gasteiger partial charge in [-0.3, -0.25) is 9.69 Å². The molecule has 1 N–H and O–H groups in total. The molecular formula is C18H29N3O. The summed E-state index contributed by atoms with van der Waals surface area (Å²) in [6.45, 7) is 5.01. The van der Waals surface area contributed by atoms with Crippen molar-refractivity contribution < 1.29 is 4.79 Å². The van der Waals surface area contributed by atoms with E-state index in [9.17, 15) is 4.79 Å². The van der Waals surface area contributed by atoms with E-state index in [4.69, 9.17) is 0 Å². The molecule has 1 aliphatic heterocycles. The molecule has 1 aromatic carbocycles. The summed E-state index contributed by atoms with van der Waals surface area (Å²) in [4.78, 5) is 16.4. The summed E-state index contributed by atoms with van der Waals surface area (Å²) in [5.74, 6) is 0.164. The molecule has 4 nitrogen and oxygen atoms in total. The molecular weight excluding hydrogens is 274 g/mol. The molecule has 1 fully saturated rings. The Morgan fingerprint density at radius 1 is 1.23 bits per heavy atom. The fraction of sp³-hybridized carbons (Fsp3) is 0.611. The zero-order chi connectivity index (χ0) is 15.9. The highest BCUT2D eigenvalue weighted by Crippen LogP contribution is 2.26. The summed E-state index contributed by atoms with van der Waals surface area (Å²) in [6.07, 6.45) is 4.04. The SMILES string of the molecule is CCCC(=O)NC[C@H](c1ccc(N(C)C)cc1)N1CCCC1. The molecule has 1 atom stereocenters. The van der Waals surface area contributed by atoms with E-state index < -0.39 is 0 Å². The van der Waals surface area contributed by atoms with E-state index >= 15 is 0 Å². The van der Waals surface area contributed by atoms with Crippen molar-refractivity contribution in [2.24, 2.45) is 0 Å². The van der Waals surface area contributed by atoms with Gasteiger partial charge >= 0.3 is 0 Å². The van der Waals surface area contributed by atoms with Crippen LogP contribution < -0.4 is 10.2 Å². The fourth-order valence-corrected chi connectivity index (χ4v) is 3.03. The number of amides is 1. The smallest absolute Gasteiger partial charge is 0.220 e. The Kier molecular flexibility index (Phi) is 6.25. The molecule has 0 aliphatic carbocycles. The number of hydrogen-bond donors (Lipinski definition) is 1. The van der Waals surface area contributed by atoms with E-state index in [0.717, 1.165) is 19.5 Å². The zero-order valence-corrected chi connectivity index (χ0v) is 14.1. The lowest BCUT2D eigenvalue weighted by Crippen LogP contribution is -2.36. The van der Waals surface area contributed by atoms with Gasteiger partial charge in [-0.2, -0.15) is 0 Å². The fourth-order valence-electron chi connectivity index (χ4n) is 3.03. The van der Waals surface area contributed by atoms with Crippen molar-refractivity contribution in [3.05, 3.63) is 29.8 Å². The van der Waals surface area contributed by atoms with Gasteiger partial charge in [-0.25, -0.2) is 0 Å². The molecule has 0 aromatic heterocycles. The molecule has 4 heteroatoms. The summed E-state index contributed by atoms with van der Waals surface area (Å²) in [5, 5.41) is 3.11. The molecule has 1 saturated heterocycles. The molecule has 122 valence electrons. The molecule has 1 aromatic rings. The standard InChI is InChI=1S/C18H29N3O/c1-4-7-18(22)19-14-17(21-12-5-6-13-21)15-8-10-16(11-9-15)20(2)3/h8-11,17H,4-7,12-14H2,1-3H3,(H,19,22)/t17-/m1/s1. The van der Waals surface area contributed by atoms with E-state index in [1.54, 1.807) is 0 Å². The van der Waals surface area contributed by atoms with Crippen LogP contribution in [0.3, 0.4) is 0 Å². The third kappa shape index (κ3) is 4.47. The highest BCUT2D eigenvalue weighted by Gasteiger charge is 2.23. The number of nitrogens with zero attached hydrogens (tertiary/aromatic N) is 2. The van der Waals surface area contributed by atoms with Crippen LogP contribution in [0, 0.1) is 0 Å². The number of carbonyl (C=O) groups is 1. The van der Waals surface area contributed by atoms with Crippen molar-refractivity contribution in [3.8, 4) is 0 Å². The Morgan fingerprint density at radius 3 is 2.41 bits per heavy atom. The van der Waals surface area contributed by atoms with Gasteiger partial charge in [0, 0.05) is 32.7 Å².